The van der Waals surface area contributed by atoms with Crippen molar-refractivity contribution < 1.29 is 24.2 Å². The van der Waals surface area contributed by atoms with Crippen LogP contribution in [-0.4, -0.2) is 51.2 Å². The number of likely N-dealkylation sites (tertiary alicyclic amines) is 1. The van der Waals surface area contributed by atoms with Crippen molar-refractivity contribution in [3.05, 3.63) is 77.9 Å². The van der Waals surface area contributed by atoms with Gasteiger partial charge in [0.15, 0.2) is 0 Å². The summed E-state index contributed by atoms with van der Waals surface area (Å²) in [4.78, 5) is 32.4. The lowest BCUT2D eigenvalue weighted by Gasteiger charge is -2.31. The molecular weight excluding hydrogens is 430 g/mol. The number of carbonyl (C=O) groups excluding carboxylic acids is 1. The molecule has 0 saturated carbocycles. The molecule has 1 aromatic heterocycles. The molecule has 1 aliphatic heterocycles. The molecule has 1 saturated heterocycles. The predicted octanol–water partition coefficient (Wildman–Crippen LogP) is 4.17. The summed E-state index contributed by atoms with van der Waals surface area (Å²) in [6, 6.07) is 13.5. The number of amides is 1. The van der Waals surface area contributed by atoms with E-state index in [9.17, 15) is 9.59 Å². The number of hydrogen-bond acceptors (Lipinski definition) is 6. The highest BCUT2D eigenvalue weighted by atomic mass is 32.1. The largest absolute Gasteiger partial charge is 0.490 e. The molecule has 0 radical (unpaired) electrons. The molecule has 0 bridgehead atoms. The molecule has 9 heteroatoms. The Morgan fingerprint density at radius 1 is 1.06 bits per heavy atom. The second-order valence-electron chi connectivity index (χ2n) is 7.45. The molecule has 1 atom stereocenters. The summed E-state index contributed by atoms with van der Waals surface area (Å²) in [5.41, 5.74) is 1.16. The molecule has 1 fully saturated rings. The molecule has 0 aliphatic carbocycles. The second-order valence-corrected chi connectivity index (χ2v) is 7.96. The number of imidazole rings is 1. The van der Waals surface area contributed by atoms with Crippen LogP contribution >= 0.6 is 12.6 Å². The Labute approximate surface area is 190 Å². The topological polar surface area (TPSA) is 105 Å². The highest BCUT2D eigenvalue weighted by molar-refractivity contribution is 7.80. The lowest BCUT2D eigenvalue weighted by atomic mass is 10.1. The molecule has 2 heterocycles. The zero-order chi connectivity index (χ0) is 22.5. The Kier molecular flexibility index (Phi) is 6.65. The molecule has 1 aliphatic rings. The number of carboxylic acids is 1. The van der Waals surface area contributed by atoms with Crippen LogP contribution in [0.25, 0.3) is 0 Å². The van der Waals surface area contributed by atoms with E-state index in [0.29, 0.717) is 37.4 Å². The molecule has 32 heavy (non-hydrogen) atoms. The Morgan fingerprint density at radius 3 is 2.31 bits per heavy atom. The van der Waals surface area contributed by atoms with Gasteiger partial charge in [0.1, 0.15) is 23.4 Å². The minimum atomic E-state index is -0.971. The number of thiol groups is 1. The minimum absolute atomic E-state index is 0.0390. The summed E-state index contributed by atoms with van der Waals surface area (Å²) in [5, 5.41) is 8.78. The standard InChI is InChI=1S/C23H23N3O5S/c27-22(28)16-3-7-17(8-4-16)30-19-9-13-26(14-10-19)23(29)31-18-5-1-15(2-6-18)20(32)21-24-11-12-25-21/h1-8,11-12,19-20,32H,9-10,13-14H2,(H,24,25)(H,27,28). The van der Waals surface area contributed by atoms with Crippen LogP contribution in [0.5, 0.6) is 11.5 Å². The number of H-pyrrole nitrogens is 1. The third-order valence-electron chi connectivity index (χ3n) is 5.28. The van der Waals surface area contributed by atoms with Crippen molar-refractivity contribution >= 4 is 24.7 Å². The molecule has 2 aromatic carbocycles. The molecule has 1 amide bonds. The van der Waals surface area contributed by atoms with Crippen LogP contribution in [0.1, 0.15) is 39.8 Å². The minimum Gasteiger partial charge on any atom is -0.490 e. The van der Waals surface area contributed by atoms with Crippen molar-refractivity contribution in [2.45, 2.75) is 24.2 Å². The van der Waals surface area contributed by atoms with Crippen molar-refractivity contribution in [1.29, 1.82) is 0 Å². The first kappa shape index (κ1) is 21.8. The fraction of sp³-hybridized carbons (Fsp3) is 0.261. The van der Waals surface area contributed by atoms with E-state index in [1.54, 1.807) is 41.6 Å². The van der Waals surface area contributed by atoms with E-state index in [1.165, 1.54) is 12.1 Å². The molecule has 8 nitrogen and oxygen atoms in total. The molecule has 2 N–H and O–H groups in total. The van der Waals surface area contributed by atoms with Crippen molar-refractivity contribution in [3.63, 3.8) is 0 Å². The number of carbonyl (C=O) groups is 2. The lowest BCUT2D eigenvalue weighted by molar-refractivity contribution is 0.0696. The van der Waals surface area contributed by atoms with Crippen LogP contribution in [0.2, 0.25) is 0 Å². The number of nitrogens with one attached hydrogen (secondary N) is 1. The number of aromatic nitrogens is 2. The summed E-state index contributed by atoms with van der Waals surface area (Å²) in [7, 11) is 0. The Morgan fingerprint density at radius 2 is 1.72 bits per heavy atom. The summed E-state index contributed by atoms with van der Waals surface area (Å²) < 4.78 is 11.4. The summed E-state index contributed by atoms with van der Waals surface area (Å²) in [6.07, 6.45) is 4.33. The number of ether oxygens (including phenoxy) is 2. The van der Waals surface area contributed by atoms with Crippen LogP contribution in [0, 0.1) is 0 Å². The maximum Gasteiger partial charge on any atom is 0.415 e. The zero-order valence-electron chi connectivity index (χ0n) is 17.2. The van der Waals surface area contributed by atoms with E-state index in [1.807, 2.05) is 12.1 Å². The van der Waals surface area contributed by atoms with E-state index in [4.69, 9.17) is 14.6 Å². The average molecular weight is 454 g/mol. The highest BCUT2D eigenvalue weighted by Gasteiger charge is 2.25. The predicted molar refractivity (Wildman–Crippen MR) is 121 cm³/mol. The van der Waals surface area contributed by atoms with Gasteiger partial charge in [0.25, 0.3) is 0 Å². The van der Waals surface area contributed by atoms with Gasteiger partial charge < -0.3 is 24.5 Å². The number of benzene rings is 2. The van der Waals surface area contributed by atoms with E-state index in [-0.39, 0.29) is 16.9 Å². The molecular formula is C23H23N3O5S. The molecule has 4 rings (SSSR count). The van der Waals surface area contributed by atoms with Crippen LogP contribution in [0.15, 0.2) is 60.9 Å². The average Bonchev–Trinajstić information content (AvgIpc) is 3.35. The fourth-order valence-corrected chi connectivity index (χ4v) is 3.81. The van der Waals surface area contributed by atoms with Crippen molar-refractivity contribution in [3.8, 4) is 11.5 Å². The van der Waals surface area contributed by atoms with E-state index in [2.05, 4.69) is 22.6 Å². The van der Waals surface area contributed by atoms with Crippen LogP contribution in [0.4, 0.5) is 4.79 Å². The van der Waals surface area contributed by atoms with Gasteiger partial charge in [0, 0.05) is 38.3 Å². The van der Waals surface area contributed by atoms with Gasteiger partial charge in [-0.3, -0.25) is 0 Å². The van der Waals surface area contributed by atoms with Gasteiger partial charge in [0.05, 0.1) is 10.8 Å². The Hall–Kier alpha value is -3.46. The van der Waals surface area contributed by atoms with Crippen molar-refractivity contribution in [2.24, 2.45) is 0 Å². The van der Waals surface area contributed by atoms with Gasteiger partial charge in [-0.15, -0.1) is 0 Å². The number of nitrogens with zero attached hydrogens (tertiary/aromatic N) is 2. The Balaban J connectivity index is 1.26. The molecule has 3 aromatic rings. The van der Waals surface area contributed by atoms with E-state index < -0.39 is 12.1 Å². The first-order chi connectivity index (χ1) is 15.5. The third-order valence-corrected chi connectivity index (χ3v) is 5.83. The monoisotopic (exact) mass is 453 g/mol. The smallest absolute Gasteiger partial charge is 0.415 e. The van der Waals surface area contributed by atoms with Gasteiger partial charge in [-0.25, -0.2) is 14.6 Å². The van der Waals surface area contributed by atoms with Crippen LogP contribution in [-0.2, 0) is 0 Å². The number of aromatic carboxylic acids is 1. The van der Waals surface area contributed by atoms with E-state index in [0.717, 1.165) is 11.4 Å². The maximum absolute atomic E-state index is 12.5. The molecule has 166 valence electrons. The van der Waals surface area contributed by atoms with Crippen molar-refractivity contribution in [1.82, 2.24) is 14.9 Å². The van der Waals surface area contributed by atoms with E-state index >= 15 is 0 Å². The van der Waals surface area contributed by atoms with Gasteiger partial charge in [0.2, 0.25) is 0 Å². The highest BCUT2D eigenvalue weighted by Crippen LogP contribution is 2.27. The van der Waals surface area contributed by atoms with Crippen molar-refractivity contribution in [2.75, 3.05) is 13.1 Å². The van der Waals surface area contributed by atoms with Gasteiger partial charge >= 0.3 is 12.1 Å². The summed E-state index contributed by atoms with van der Waals surface area (Å²) in [6.45, 7) is 1.04. The normalized spacial score (nSPS) is 15.2. The number of carboxylic acid groups (broad SMARTS) is 1. The maximum atomic E-state index is 12.5. The molecule has 0 spiro atoms. The summed E-state index contributed by atoms with van der Waals surface area (Å²) in [5.74, 6) is 0.866. The fourth-order valence-electron chi connectivity index (χ4n) is 3.49. The van der Waals surface area contributed by atoms with Crippen LogP contribution < -0.4 is 9.47 Å². The van der Waals surface area contributed by atoms with Gasteiger partial charge in [-0.05, 0) is 42.0 Å². The molecule has 1 unspecified atom stereocenters. The van der Waals surface area contributed by atoms with Gasteiger partial charge in [-0.1, -0.05) is 12.1 Å². The van der Waals surface area contributed by atoms with Gasteiger partial charge in [-0.2, -0.15) is 12.6 Å². The number of aromatic amines is 1. The van der Waals surface area contributed by atoms with Crippen LogP contribution in [0.3, 0.4) is 0 Å². The number of piperidine rings is 1. The number of hydrogen-bond donors (Lipinski definition) is 3. The second kappa shape index (κ2) is 9.78. The SMILES string of the molecule is O=C(O)c1ccc(OC2CCN(C(=O)Oc3ccc(C(S)c4ncc[nH]4)cc3)CC2)cc1. The summed E-state index contributed by atoms with van der Waals surface area (Å²) >= 11 is 4.57. The number of rotatable bonds is 6. The third kappa shape index (κ3) is 5.23. The first-order valence-electron chi connectivity index (χ1n) is 10.2. The lowest BCUT2D eigenvalue weighted by Crippen LogP contribution is -2.43. The Bertz CT molecular complexity index is 1050. The zero-order valence-corrected chi connectivity index (χ0v) is 18.1. The first-order valence-corrected chi connectivity index (χ1v) is 10.8. The quantitative estimate of drug-likeness (QED) is 0.484.